The topological polar surface area (TPSA) is 69.0 Å². The molecule has 30 heavy (non-hydrogen) atoms. The van der Waals surface area contributed by atoms with Crippen LogP contribution in [0.25, 0.3) is 4.96 Å². The summed E-state index contributed by atoms with van der Waals surface area (Å²) in [7, 11) is 27.5. The number of cyclic esters (lactones) is 1. The first-order chi connectivity index (χ1) is 13.7. The number of hydrogen-bond acceptors (Lipinski definition) is 6. The van der Waals surface area contributed by atoms with Crippen molar-refractivity contribution in [2.75, 3.05) is 6.54 Å². The third-order valence-electron chi connectivity index (χ3n) is 4.15. The van der Waals surface area contributed by atoms with Crippen LogP contribution in [-0.2, 0) is 27.6 Å². The molecule has 148 valence electrons. The van der Waals surface area contributed by atoms with Crippen LogP contribution in [0.5, 0.6) is 0 Å². The first kappa shape index (κ1) is 23.1. The minimum Gasteiger partial charge on any atom is -0.444 e. The predicted molar refractivity (Wildman–Crippen MR) is 106 cm³/mol. The number of carbonyl (C=O) groups is 1. The molecule has 1 unspecified atom stereocenters. The lowest BCUT2D eigenvalue weighted by Gasteiger charge is -2.34. The molecule has 10 radical (unpaired) electrons. The van der Waals surface area contributed by atoms with Gasteiger partial charge in [-0.25, -0.2) is 14.3 Å². The number of alkyl halides is 3. The van der Waals surface area contributed by atoms with Crippen LogP contribution >= 0.6 is 11.3 Å². The standard InChI is InChI=1S/C14H12B5F3N4O3S/c1-2-3-6-4-25(11(27)28-6)5-7-8(13(20,21)22)23-10-26(7)24-9(30-10)12(15,16)29-14(17,18)19/h6H,2-5H2,1H3. The average molecular weight is 427 g/mol. The third-order valence-corrected chi connectivity index (χ3v) is 5.19. The van der Waals surface area contributed by atoms with Crippen LogP contribution in [0.2, 0.25) is 0 Å². The Labute approximate surface area is 181 Å². The fourth-order valence-corrected chi connectivity index (χ4v) is 3.88. The molecule has 1 fully saturated rings. The Morgan fingerprint density at radius 1 is 1.27 bits per heavy atom. The summed E-state index contributed by atoms with van der Waals surface area (Å²) in [5, 5.41) is -0.618. The van der Waals surface area contributed by atoms with E-state index in [2.05, 4.69) is 10.1 Å². The summed E-state index contributed by atoms with van der Waals surface area (Å²) in [5.74, 6) is 0. The maximum atomic E-state index is 13.5. The number of nitrogens with zero attached hydrogens (tertiary/aromatic N) is 4. The van der Waals surface area contributed by atoms with Gasteiger partial charge in [-0.05, 0) is 11.7 Å². The molecule has 2 aromatic heterocycles. The smallest absolute Gasteiger partial charge is 0.435 e. The Morgan fingerprint density at radius 2 is 1.93 bits per heavy atom. The highest BCUT2D eigenvalue weighted by molar-refractivity contribution is 7.17. The number of fused-ring (bicyclic) bond motifs is 1. The van der Waals surface area contributed by atoms with Crippen LogP contribution in [0.15, 0.2) is 0 Å². The van der Waals surface area contributed by atoms with Crippen LogP contribution in [0.4, 0.5) is 18.0 Å². The van der Waals surface area contributed by atoms with Crippen LogP contribution in [-0.4, -0.2) is 82.8 Å². The Hall–Kier alpha value is -1.56. The van der Waals surface area contributed by atoms with E-state index in [1.54, 1.807) is 0 Å². The SMILES string of the molecule is [B]C([B])([B])OC([B])([B])c1nn2c(CN3CC(CCC)OC3=O)c(C(F)(F)F)nc2s1. The van der Waals surface area contributed by atoms with Gasteiger partial charge in [-0.3, -0.25) is 4.90 Å². The molecule has 1 atom stereocenters. The highest BCUT2D eigenvalue weighted by Gasteiger charge is 2.42. The summed E-state index contributed by atoms with van der Waals surface area (Å²) < 4.78 is 51.6. The zero-order valence-corrected chi connectivity index (χ0v) is 16.7. The molecule has 7 nitrogen and oxygen atoms in total. The van der Waals surface area contributed by atoms with Gasteiger partial charge in [-0.2, -0.15) is 18.3 Å². The van der Waals surface area contributed by atoms with Crippen molar-refractivity contribution in [3.05, 3.63) is 16.4 Å². The summed E-state index contributed by atoms with van der Waals surface area (Å²) in [5.41, 5.74) is -1.57. The van der Waals surface area contributed by atoms with Gasteiger partial charge in [0.1, 0.15) is 26.8 Å². The predicted octanol–water partition coefficient (Wildman–Crippen LogP) is 0.511. The Kier molecular flexibility index (Phi) is 6.05. The van der Waals surface area contributed by atoms with E-state index in [0.29, 0.717) is 17.8 Å². The van der Waals surface area contributed by atoms with E-state index in [9.17, 15) is 18.0 Å². The van der Waals surface area contributed by atoms with Gasteiger partial charge in [0.05, 0.1) is 42.3 Å². The molecule has 0 bridgehead atoms. The number of amides is 1. The molecule has 0 aromatic carbocycles. The van der Waals surface area contributed by atoms with E-state index in [-0.39, 0.29) is 22.2 Å². The van der Waals surface area contributed by atoms with Gasteiger partial charge in [0.2, 0.25) is 4.96 Å². The van der Waals surface area contributed by atoms with E-state index in [1.165, 1.54) is 0 Å². The first-order valence-electron chi connectivity index (χ1n) is 8.77. The van der Waals surface area contributed by atoms with Gasteiger partial charge >= 0.3 is 12.3 Å². The summed E-state index contributed by atoms with van der Waals surface area (Å²) in [6, 6.07) is 0. The fraction of sp³-hybridized carbons (Fsp3) is 0.643. The molecule has 3 heterocycles. The lowest BCUT2D eigenvalue weighted by molar-refractivity contribution is -0.141. The maximum Gasteiger partial charge on any atom is 0.435 e. The fourth-order valence-electron chi connectivity index (χ4n) is 3.01. The van der Waals surface area contributed by atoms with Gasteiger partial charge in [0, 0.05) is 5.40 Å². The Balaban J connectivity index is 1.99. The second kappa shape index (κ2) is 7.85. The first-order valence-corrected chi connectivity index (χ1v) is 9.59. The lowest BCUT2D eigenvalue weighted by Crippen LogP contribution is -2.45. The maximum absolute atomic E-state index is 13.5. The quantitative estimate of drug-likeness (QED) is 0.603. The van der Waals surface area contributed by atoms with Gasteiger partial charge in [0.25, 0.3) is 0 Å². The van der Waals surface area contributed by atoms with Crippen molar-refractivity contribution in [3.63, 3.8) is 0 Å². The molecule has 0 N–H and O–H groups in total. The summed E-state index contributed by atoms with van der Waals surface area (Å²) in [4.78, 5) is 16.6. The third kappa shape index (κ3) is 4.85. The summed E-state index contributed by atoms with van der Waals surface area (Å²) in [6.45, 7) is 1.61. The molecule has 1 amide bonds. The summed E-state index contributed by atoms with van der Waals surface area (Å²) in [6.07, 6.45) is -4.55. The molecule has 1 aliphatic rings. The number of imidazole rings is 1. The van der Waals surface area contributed by atoms with Crippen LogP contribution in [0.1, 0.15) is 36.2 Å². The van der Waals surface area contributed by atoms with Crippen molar-refractivity contribution in [1.29, 1.82) is 0 Å². The van der Waals surface area contributed by atoms with Crippen LogP contribution in [0, 0.1) is 0 Å². The largest absolute Gasteiger partial charge is 0.444 e. The van der Waals surface area contributed by atoms with Crippen molar-refractivity contribution < 1.29 is 27.4 Å². The number of carbonyl (C=O) groups excluding carboxylic acids is 1. The second-order valence-corrected chi connectivity index (χ2v) is 7.89. The summed E-state index contributed by atoms with van der Waals surface area (Å²) >= 11 is 0.628. The highest BCUT2D eigenvalue weighted by atomic mass is 32.1. The second-order valence-electron chi connectivity index (χ2n) is 6.93. The van der Waals surface area contributed by atoms with Crippen molar-refractivity contribution in [3.8, 4) is 0 Å². The van der Waals surface area contributed by atoms with Gasteiger partial charge in [0.15, 0.2) is 5.69 Å². The molecular weight excluding hydrogens is 415 g/mol. The average Bonchev–Trinajstić information content (AvgIpc) is 3.20. The zero-order valence-electron chi connectivity index (χ0n) is 15.8. The Bertz CT molecular complexity index is 946. The van der Waals surface area contributed by atoms with E-state index in [4.69, 9.17) is 48.7 Å². The molecule has 1 aliphatic heterocycles. The lowest BCUT2D eigenvalue weighted by atomic mass is 9.51. The van der Waals surface area contributed by atoms with E-state index in [0.717, 1.165) is 15.8 Å². The van der Waals surface area contributed by atoms with E-state index < -0.39 is 41.3 Å². The van der Waals surface area contributed by atoms with Gasteiger partial charge in [-0.15, -0.1) is 0 Å². The number of halogens is 3. The molecular formula is C14H12B5F3N4O3S. The van der Waals surface area contributed by atoms with Crippen LogP contribution < -0.4 is 0 Å². The molecule has 1 saturated heterocycles. The minimum absolute atomic E-state index is 0.144. The number of aromatic nitrogens is 3. The van der Waals surface area contributed by atoms with E-state index in [1.807, 2.05) is 6.92 Å². The number of rotatable bonds is 7. The van der Waals surface area contributed by atoms with Crippen LogP contribution in [0.3, 0.4) is 0 Å². The molecule has 0 aliphatic carbocycles. The van der Waals surface area contributed by atoms with E-state index >= 15 is 0 Å². The van der Waals surface area contributed by atoms with Crippen molar-refractivity contribution >= 4 is 61.6 Å². The molecule has 2 aromatic rings. The molecule has 16 heteroatoms. The monoisotopic (exact) mass is 428 g/mol. The number of hydrogen-bond donors (Lipinski definition) is 0. The van der Waals surface area contributed by atoms with Crippen molar-refractivity contribution in [2.24, 2.45) is 0 Å². The van der Waals surface area contributed by atoms with Crippen molar-refractivity contribution in [2.45, 2.75) is 49.3 Å². The minimum atomic E-state index is -4.78. The van der Waals surface area contributed by atoms with Gasteiger partial charge in [-0.1, -0.05) is 24.7 Å². The normalized spacial score (nSPS) is 18.3. The molecule has 0 spiro atoms. The Morgan fingerprint density at radius 3 is 2.50 bits per heavy atom. The zero-order chi connectivity index (χ0) is 22.5. The number of ether oxygens (including phenoxy) is 2. The molecule has 0 saturated carbocycles. The highest BCUT2D eigenvalue weighted by Crippen LogP contribution is 2.36. The molecule has 3 rings (SSSR count). The van der Waals surface area contributed by atoms with Crippen molar-refractivity contribution in [1.82, 2.24) is 19.5 Å². The van der Waals surface area contributed by atoms with Gasteiger partial charge < -0.3 is 9.47 Å².